The van der Waals surface area contributed by atoms with Crippen molar-refractivity contribution in [3.05, 3.63) is 71.5 Å². The van der Waals surface area contributed by atoms with E-state index in [-0.39, 0.29) is 30.7 Å². The van der Waals surface area contributed by atoms with E-state index in [2.05, 4.69) is 5.32 Å². The summed E-state index contributed by atoms with van der Waals surface area (Å²) < 4.78 is 13.5. The predicted octanol–water partition coefficient (Wildman–Crippen LogP) is 2.92. The van der Waals surface area contributed by atoms with Crippen molar-refractivity contribution in [3.8, 4) is 0 Å². The van der Waals surface area contributed by atoms with Crippen LogP contribution in [0.25, 0.3) is 0 Å². The minimum atomic E-state index is -0.353. The standard InChI is InChI=1S/C20H23FN2O2/c1-16(24)23(13-7-10-17-8-3-2-4-9-17)15-20(25)22-14-18-11-5-6-12-19(18)21/h2-6,8-9,11-12H,7,10,13-15H2,1H3,(H,22,25). The Morgan fingerprint density at radius 1 is 1.04 bits per heavy atom. The Morgan fingerprint density at radius 2 is 1.72 bits per heavy atom. The number of halogens is 1. The molecule has 0 unspecified atom stereocenters. The lowest BCUT2D eigenvalue weighted by Gasteiger charge is -2.20. The highest BCUT2D eigenvalue weighted by atomic mass is 19.1. The van der Waals surface area contributed by atoms with E-state index >= 15 is 0 Å². The second-order valence-electron chi connectivity index (χ2n) is 5.90. The van der Waals surface area contributed by atoms with Crippen molar-refractivity contribution >= 4 is 11.8 Å². The van der Waals surface area contributed by atoms with Gasteiger partial charge >= 0.3 is 0 Å². The van der Waals surface area contributed by atoms with Crippen LogP contribution in [0.1, 0.15) is 24.5 Å². The molecule has 4 nitrogen and oxygen atoms in total. The molecule has 0 saturated carbocycles. The second kappa shape index (κ2) is 9.57. The SMILES string of the molecule is CC(=O)N(CCCc1ccccc1)CC(=O)NCc1ccccc1F. The molecule has 1 N–H and O–H groups in total. The van der Waals surface area contributed by atoms with E-state index in [0.29, 0.717) is 12.1 Å². The fourth-order valence-electron chi connectivity index (χ4n) is 2.53. The molecule has 2 amide bonds. The molecule has 0 bridgehead atoms. The van der Waals surface area contributed by atoms with Gasteiger partial charge in [-0.3, -0.25) is 9.59 Å². The van der Waals surface area contributed by atoms with Crippen LogP contribution >= 0.6 is 0 Å². The van der Waals surface area contributed by atoms with E-state index < -0.39 is 0 Å². The van der Waals surface area contributed by atoms with Crippen LogP contribution in [0.2, 0.25) is 0 Å². The summed E-state index contributed by atoms with van der Waals surface area (Å²) in [7, 11) is 0. The second-order valence-corrected chi connectivity index (χ2v) is 5.90. The highest BCUT2D eigenvalue weighted by Gasteiger charge is 2.13. The molecule has 0 aliphatic carbocycles. The number of hydrogen-bond acceptors (Lipinski definition) is 2. The molecule has 132 valence electrons. The number of hydrogen-bond donors (Lipinski definition) is 1. The molecular formula is C20H23FN2O2. The molecule has 0 atom stereocenters. The number of rotatable bonds is 8. The molecule has 0 aromatic heterocycles. The maximum Gasteiger partial charge on any atom is 0.239 e. The van der Waals surface area contributed by atoms with Crippen LogP contribution in [-0.4, -0.2) is 29.8 Å². The smallest absolute Gasteiger partial charge is 0.239 e. The van der Waals surface area contributed by atoms with Gasteiger partial charge in [0.1, 0.15) is 5.82 Å². The number of benzene rings is 2. The predicted molar refractivity (Wildman–Crippen MR) is 95.3 cm³/mol. The van der Waals surface area contributed by atoms with Gasteiger partial charge in [-0.2, -0.15) is 0 Å². The minimum absolute atomic E-state index is 0.0153. The van der Waals surface area contributed by atoms with Crippen molar-refractivity contribution in [1.82, 2.24) is 10.2 Å². The Balaban J connectivity index is 1.78. The molecule has 2 aromatic rings. The maximum atomic E-state index is 13.5. The molecule has 0 saturated heterocycles. The van der Waals surface area contributed by atoms with Crippen molar-refractivity contribution < 1.29 is 14.0 Å². The Bertz CT molecular complexity index is 704. The van der Waals surface area contributed by atoms with Crippen molar-refractivity contribution in [2.45, 2.75) is 26.3 Å². The number of aryl methyl sites for hydroxylation is 1. The van der Waals surface area contributed by atoms with E-state index in [4.69, 9.17) is 0 Å². The first-order valence-electron chi connectivity index (χ1n) is 8.36. The van der Waals surface area contributed by atoms with E-state index in [1.54, 1.807) is 18.2 Å². The van der Waals surface area contributed by atoms with Gasteiger partial charge in [0.15, 0.2) is 0 Å². The quantitative estimate of drug-likeness (QED) is 0.802. The average molecular weight is 342 g/mol. The molecule has 2 aromatic carbocycles. The van der Waals surface area contributed by atoms with Crippen LogP contribution in [0.4, 0.5) is 4.39 Å². The Kier molecular flexibility index (Phi) is 7.14. The molecular weight excluding hydrogens is 319 g/mol. The van der Waals surface area contributed by atoms with Gasteiger partial charge in [0.05, 0.1) is 6.54 Å². The zero-order valence-corrected chi connectivity index (χ0v) is 14.4. The third-order valence-corrected chi connectivity index (χ3v) is 3.95. The lowest BCUT2D eigenvalue weighted by atomic mass is 10.1. The summed E-state index contributed by atoms with van der Waals surface area (Å²) in [5.74, 6) is -0.790. The van der Waals surface area contributed by atoms with Gasteiger partial charge in [-0.25, -0.2) is 4.39 Å². The first-order chi connectivity index (χ1) is 12.1. The van der Waals surface area contributed by atoms with Gasteiger partial charge < -0.3 is 10.2 Å². The summed E-state index contributed by atoms with van der Waals surface area (Å²) in [6.45, 7) is 2.06. The maximum absolute atomic E-state index is 13.5. The van der Waals surface area contributed by atoms with Gasteiger partial charge in [0, 0.05) is 25.6 Å². The van der Waals surface area contributed by atoms with Crippen LogP contribution in [0.5, 0.6) is 0 Å². The lowest BCUT2D eigenvalue weighted by molar-refractivity contribution is -0.134. The minimum Gasteiger partial charge on any atom is -0.350 e. The molecule has 0 radical (unpaired) electrons. The molecule has 25 heavy (non-hydrogen) atoms. The third-order valence-electron chi connectivity index (χ3n) is 3.95. The van der Waals surface area contributed by atoms with E-state index in [1.807, 2.05) is 30.3 Å². The summed E-state index contributed by atoms with van der Waals surface area (Å²) in [6.07, 6.45) is 1.63. The number of carbonyl (C=O) groups is 2. The molecule has 5 heteroatoms. The summed E-state index contributed by atoms with van der Waals surface area (Å²) in [4.78, 5) is 25.3. The molecule has 0 fully saturated rings. The van der Waals surface area contributed by atoms with E-state index in [0.717, 1.165) is 12.8 Å². The molecule has 0 heterocycles. The highest BCUT2D eigenvalue weighted by Crippen LogP contribution is 2.06. The number of nitrogens with zero attached hydrogens (tertiary/aromatic N) is 1. The largest absolute Gasteiger partial charge is 0.350 e. The lowest BCUT2D eigenvalue weighted by Crippen LogP contribution is -2.40. The molecule has 0 aliphatic rings. The van der Waals surface area contributed by atoms with Crippen molar-refractivity contribution in [2.75, 3.05) is 13.1 Å². The summed E-state index contributed by atoms with van der Waals surface area (Å²) in [5, 5.41) is 2.66. The fourth-order valence-corrected chi connectivity index (χ4v) is 2.53. The topological polar surface area (TPSA) is 49.4 Å². The summed E-state index contributed by atoms with van der Waals surface area (Å²) >= 11 is 0. The highest BCUT2D eigenvalue weighted by molar-refractivity contribution is 5.83. The Hall–Kier alpha value is -2.69. The normalized spacial score (nSPS) is 10.3. The van der Waals surface area contributed by atoms with E-state index in [1.165, 1.54) is 23.5 Å². The van der Waals surface area contributed by atoms with Crippen LogP contribution in [0, 0.1) is 5.82 Å². The Morgan fingerprint density at radius 3 is 2.40 bits per heavy atom. The number of amides is 2. The summed E-state index contributed by atoms with van der Waals surface area (Å²) in [6, 6.07) is 16.3. The molecule has 2 rings (SSSR count). The fraction of sp³-hybridized carbons (Fsp3) is 0.300. The van der Waals surface area contributed by atoms with Crippen molar-refractivity contribution in [3.63, 3.8) is 0 Å². The van der Waals surface area contributed by atoms with Gasteiger partial charge in [-0.1, -0.05) is 48.5 Å². The third kappa shape index (κ3) is 6.37. The monoisotopic (exact) mass is 342 g/mol. The zero-order valence-electron chi connectivity index (χ0n) is 14.4. The molecule has 0 spiro atoms. The van der Waals surface area contributed by atoms with Crippen LogP contribution in [0.15, 0.2) is 54.6 Å². The van der Waals surface area contributed by atoms with Gasteiger partial charge in [0.25, 0.3) is 0 Å². The average Bonchev–Trinajstić information content (AvgIpc) is 2.61. The van der Waals surface area contributed by atoms with Crippen LogP contribution in [0.3, 0.4) is 0 Å². The number of nitrogens with one attached hydrogen (secondary N) is 1. The Labute approximate surface area is 147 Å². The first-order valence-corrected chi connectivity index (χ1v) is 8.36. The van der Waals surface area contributed by atoms with Crippen molar-refractivity contribution in [1.29, 1.82) is 0 Å². The van der Waals surface area contributed by atoms with Gasteiger partial charge in [0.2, 0.25) is 11.8 Å². The van der Waals surface area contributed by atoms with Crippen LogP contribution < -0.4 is 5.32 Å². The van der Waals surface area contributed by atoms with Gasteiger partial charge in [-0.15, -0.1) is 0 Å². The molecule has 0 aliphatic heterocycles. The van der Waals surface area contributed by atoms with Gasteiger partial charge in [-0.05, 0) is 24.5 Å². The number of carbonyl (C=O) groups excluding carboxylic acids is 2. The van der Waals surface area contributed by atoms with E-state index in [9.17, 15) is 14.0 Å². The zero-order chi connectivity index (χ0) is 18.1. The first kappa shape index (κ1) is 18.6. The summed E-state index contributed by atoms with van der Waals surface area (Å²) in [5.41, 5.74) is 1.63. The van der Waals surface area contributed by atoms with Crippen molar-refractivity contribution in [2.24, 2.45) is 0 Å². The van der Waals surface area contributed by atoms with Crippen LogP contribution in [-0.2, 0) is 22.6 Å².